The van der Waals surface area contributed by atoms with Crippen molar-refractivity contribution < 1.29 is 5.11 Å². The molecular formula is C7H12O. The second-order valence-electron chi connectivity index (χ2n) is 1.62. The van der Waals surface area contributed by atoms with Crippen LogP contribution in [0.15, 0.2) is 23.8 Å². The zero-order valence-corrected chi connectivity index (χ0v) is 5.39. The van der Waals surface area contributed by atoms with Gasteiger partial charge in [-0.15, -0.1) is 0 Å². The van der Waals surface area contributed by atoms with Gasteiger partial charge in [-0.05, 0) is 13.8 Å². The summed E-state index contributed by atoms with van der Waals surface area (Å²) < 4.78 is 0. The van der Waals surface area contributed by atoms with Crippen LogP contribution in [-0.2, 0) is 0 Å². The number of allylic oxidation sites excluding steroid dienone is 3. The lowest BCUT2D eigenvalue weighted by molar-refractivity contribution is 0.342. The molecule has 46 valence electrons. The van der Waals surface area contributed by atoms with Crippen LogP contribution in [0.5, 0.6) is 0 Å². The highest BCUT2D eigenvalue weighted by atomic mass is 16.2. The number of hydrogen-bond acceptors (Lipinski definition) is 1. The fraction of sp³-hybridized carbons (Fsp3) is 0.429. The standard InChI is InChI=1S/C7H12O/c1-3-7(2)5-4-6-8/h3-5,8H,6H2,1-2H3/b5-4+,7-3+. The average Bonchev–Trinajstić information content (AvgIpc) is 1.83. The molecule has 0 bridgehead atoms. The van der Waals surface area contributed by atoms with Crippen LogP contribution in [0.1, 0.15) is 13.8 Å². The Morgan fingerprint density at radius 3 is 2.62 bits per heavy atom. The Balaban J connectivity index is 3.53. The van der Waals surface area contributed by atoms with Crippen molar-refractivity contribution in [1.82, 2.24) is 0 Å². The van der Waals surface area contributed by atoms with Crippen LogP contribution >= 0.6 is 0 Å². The Morgan fingerprint density at radius 1 is 1.62 bits per heavy atom. The number of rotatable bonds is 2. The maximum atomic E-state index is 8.30. The third-order valence-corrected chi connectivity index (χ3v) is 0.941. The van der Waals surface area contributed by atoms with E-state index in [1.807, 2.05) is 26.0 Å². The van der Waals surface area contributed by atoms with Crippen molar-refractivity contribution >= 4 is 0 Å². The van der Waals surface area contributed by atoms with Gasteiger partial charge in [0.2, 0.25) is 0 Å². The molecule has 0 aromatic rings. The van der Waals surface area contributed by atoms with E-state index in [-0.39, 0.29) is 6.61 Å². The van der Waals surface area contributed by atoms with Crippen molar-refractivity contribution in [3.63, 3.8) is 0 Å². The first-order valence-corrected chi connectivity index (χ1v) is 2.71. The third-order valence-electron chi connectivity index (χ3n) is 0.941. The molecule has 0 spiro atoms. The molecule has 0 aromatic carbocycles. The van der Waals surface area contributed by atoms with E-state index in [4.69, 9.17) is 5.11 Å². The van der Waals surface area contributed by atoms with Crippen LogP contribution in [0.3, 0.4) is 0 Å². The number of aliphatic hydroxyl groups excluding tert-OH is 1. The summed E-state index contributed by atoms with van der Waals surface area (Å²) in [6.07, 6.45) is 5.60. The normalized spacial score (nSPS) is 13.1. The molecule has 0 saturated carbocycles. The van der Waals surface area contributed by atoms with E-state index in [0.29, 0.717) is 0 Å². The maximum Gasteiger partial charge on any atom is 0.0615 e. The quantitative estimate of drug-likeness (QED) is 0.537. The van der Waals surface area contributed by atoms with Gasteiger partial charge in [0, 0.05) is 0 Å². The molecule has 0 fully saturated rings. The van der Waals surface area contributed by atoms with E-state index >= 15 is 0 Å². The lowest BCUT2D eigenvalue weighted by Gasteiger charge is -1.83. The van der Waals surface area contributed by atoms with Crippen molar-refractivity contribution in [3.05, 3.63) is 23.8 Å². The Labute approximate surface area is 50.3 Å². The molecule has 0 heterocycles. The lowest BCUT2D eigenvalue weighted by atomic mass is 10.3. The van der Waals surface area contributed by atoms with E-state index in [9.17, 15) is 0 Å². The lowest BCUT2D eigenvalue weighted by Crippen LogP contribution is -1.71. The number of aliphatic hydroxyl groups is 1. The summed E-state index contributed by atoms with van der Waals surface area (Å²) in [5, 5.41) is 8.30. The molecule has 0 aliphatic heterocycles. The highest BCUT2D eigenvalue weighted by Crippen LogP contribution is 1.91. The van der Waals surface area contributed by atoms with Crippen LogP contribution in [0, 0.1) is 0 Å². The smallest absolute Gasteiger partial charge is 0.0615 e. The molecule has 0 amide bonds. The van der Waals surface area contributed by atoms with Crippen LogP contribution in [0.4, 0.5) is 0 Å². The zero-order valence-electron chi connectivity index (χ0n) is 5.39. The van der Waals surface area contributed by atoms with Gasteiger partial charge in [0.25, 0.3) is 0 Å². The van der Waals surface area contributed by atoms with Gasteiger partial charge in [0.15, 0.2) is 0 Å². The third kappa shape index (κ3) is 3.62. The minimum atomic E-state index is 0.130. The van der Waals surface area contributed by atoms with Gasteiger partial charge in [-0.2, -0.15) is 0 Å². The van der Waals surface area contributed by atoms with E-state index in [1.54, 1.807) is 6.08 Å². The van der Waals surface area contributed by atoms with Crippen LogP contribution in [0.25, 0.3) is 0 Å². The second kappa shape index (κ2) is 4.60. The molecule has 0 radical (unpaired) electrons. The SMILES string of the molecule is C/C=C(C)/C=C/CO. The predicted molar refractivity (Wildman–Crippen MR) is 35.7 cm³/mol. The van der Waals surface area contributed by atoms with Crippen molar-refractivity contribution in [3.8, 4) is 0 Å². The van der Waals surface area contributed by atoms with Gasteiger partial charge in [0.1, 0.15) is 0 Å². The Hall–Kier alpha value is -0.560. The minimum Gasteiger partial charge on any atom is -0.392 e. The second-order valence-corrected chi connectivity index (χ2v) is 1.62. The van der Waals surface area contributed by atoms with Crippen molar-refractivity contribution in [2.24, 2.45) is 0 Å². The van der Waals surface area contributed by atoms with Crippen molar-refractivity contribution in [1.29, 1.82) is 0 Å². The molecule has 0 aliphatic rings. The van der Waals surface area contributed by atoms with Gasteiger partial charge in [-0.3, -0.25) is 0 Å². The predicted octanol–water partition coefficient (Wildman–Crippen LogP) is 1.50. The minimum absolute atomic E-state index is 0.130. The summed E-state index contributed by atoms with van der Waals surface area (Å²) in [5.41, 5.74) is 1.18. The monoisotopic (exact) mass is 112 g/mol. The van der Waals surface area contributed by atoms with Gasteiger partial charge in [-0.25, -0.2) is 0 Å². The summed E-state index contributed by atoms with van der Waals surface area (Å²) in [6.45, 7) is 4.09. The first-order valence-electron chi connectivity index (χ1n) is 2.71. The largest absolute Gasteiger partial charge is 0.392 e. The van der Waals surface area contributed by atoms with Crippen molar-refractivity contribution in [2.45, 2.75) is 13.8 Å². The zero-order chi connectivity index (χ0) is 6.41. The van der Waals surface area contributed by atoms with Gasteiger partial charge in [-0.1, -0.05) is 23.8 Å². The van der Waals surface area contributed by atoms with Crippen molar-refractivity contribution in [2.75, 3.05) is 6.61 Å². The first kappa shape index (κ1) is 7.44. The van der Waals surface area contributed by atoms with E-state index in [2.05, 4.69) is 0 Å². The Bertz CT molecular complexity index is 101. The summed E-state index contributed by atoms with van der Waals surface area (Å²) in [7, 11) is 0. The maximum absolute atomic E-state index is 8.30. The highest BCUT2D eigenvalue weighted by Gasteiger charge is 1.72. The highest BCUT2D eigenvalue weighted by molar-refractivity contribution is 5.14. The van der Waals surface area contributed by atoms with Gasteiger partial charge in [0.05, 0.1) is 6.61 Å². The van der Waals surface area contributed by atoms with E-state index in [0.717, 1.165) is 0 Å². The molecule has 0 saturated heterocycles. The van der Waals surface area contributed by atoms with Crippen LogP contribution in [-0.4, -0.2) is 11.7 Å². The van der Waals surface area contributed by atoms with Crippen LogP contribution < -0.4 is 0 Å². The first-order chi connectivity index (χ1) is 3.81. The Morgan fingerprint density at radius 2 is 2.25 bits per heavy atom. The van der Waals surface area contributed by atoms with E-state index in [1.165, 1.54) is 5.57 Å². The molecule has 0 unspecified atom stereocenters. The van der Waals surface area contributed by atoms with Gasteiger partial charge < -0.3 is 5.11 Å². The molecule has 0 aromatic heterocycles. The summed E-state index contributed by atoms with van der Waals surface area (Å²) >= 11 is 0. The number of hydrogen-bond donors (Lipinski definition) is 1. The van der Waals surface area contributed by atoms with E-state index < -0.39 is 0 Å². The molecule has 8 heavy (non-hydrogen) atoms. The molecular weight excluding hydrogens is 100 g/mol. The molecule has 0 aliphatic carbocycles. The van der Waals surface area contributed by atoms with Crippen LogP contribution in [0.2, 0.25) is 0 Å². The van der Waals surface area contributed by atoms with Gasteiger partial charge >= 0.3 is 0 Å². The average molecular weight is 112 g/mol. The topological polar surface area (TPSA) is 20.2 Å². The Kier molecular flexibility index (Phi) is 4.27. The summed E-state index contributed by atoms with van der Waals surface area (Å²) in [6, 6.07) is 0. The summed E-state index contributed by atoms with van der Waals surface area (Å²) in [4.78, 5) is 0. The summed E-state index contributed by atoms with van der Waals surface area (Å²) in [5.74, 6) is 0. The molecule has 0 rings (SSSR count). The molecule has 1 nitrogen and oxygen atoms in total. The molecule has 0 atom stereocenters. The fourth-order valence-corrected chi connectivity index (χ4v) is 0.335. The molecule has 1 heteroatoms. The fourth-order valence-electron chi connectivity index (χ4n) is 0.335. The molecule has 1 N–H and O–H groups in total.